The second kappa shape index (κ2) is 8.42. The zero-order valence-corrected chi connectivity index (χ0v) is 17.4. The van der Waals surface area contributed by atoms with Crippen LogP contribution in [0.5, 0.6) is 11.5 Å². The molecule has 152 valence electrons. The van der Waals surface area contributed by atoms with Crippen LogP contribution in [0, 0.1) is 0 Å². The number of H-pyrrole nitrogens is 1. The number of hydrogen-bond acceptors (Lipinski definition) is 5. The van der Waals surface area contributed by atoms with E-state index in [2.05, 4.69) is 5.10 Å². The Balaban J connectivity index is 1.91. The number of thiophene rings is 1. The number of ketones is 1. The quantitative estimate of drug-likeness (QED) is 0.452. The Morgan fingerprint density at radius 2 is 1.83 bits per heavy atom. The van der Waals surface area contributed by atoms with Crippen molar-refractivity contribution >= 4 is 17.1 Å². The maximum atomic E-state index is 13.4. The summed E-state index contributed by atoms with van der Waals surface area (Å²) in [5, 5.41) is 5.03. The maximum absolute atomic E-state index is 13.4. The number of nitrogens with one attached hydrogen (secondary N) is 1. The van der Waals surface area contributed by atoms with Crippen molar-refractivity contribution in [2.24, 2.45) is 0 Å². The molecule has 0 spiro atoms. The first-order valence-corrected chi connectivity index (χ1v) is 10.2. The van der Waals surface area contributed by atoms with Crippen LogP contribution in [0.2, 0.25) is 0 Å². The summed E-state index contributed by atoms with van der Waals surface area (Å²) >= 11 is 1.49. The van der Waals surface area contributed by atoms with E-state index < -0.39 is 5.56 Å². The van der Waals surface area contributed by atoms with Crippen LogP contribution in [0.25, 0.3) is 16.9 Å². The van der Waals surface area contributed by atoms with Gasteiger partial charge in [0, 0.05) is 22.9 Å². The van der Waals surface area contributed by atoms with E-state index in [1.54, 1.807) is 25.3 Å². The topological polar surface area (TPSA) is 73.3 Å². The standard InChI is InChI=1S/C23H20N2O4S/c1-28-16-10-11-20(29-2)18(13-16)25-23(27)21(19(26)14-17-9-6-12-30-17)22(24-25)15-7-4-3-5-8-15/h3-13,24H,14H2,1-2H3. The molecule has 0 bridgehead atoms. The van der Waals surface area contributed by atoms with E-state index in [1.165, 1.54) is 23.1 Å². The highest BCUT2D eigenvalue weighted by molar-refractivity contribution is 7.10. The molecule has 4 rings (SSSR count). The normalized spacial score (nSPS) is 10.7. The predicted octanol–water partition coefficient (Wildman–Crippen LogP) is 4.34. The fourth-order valence-electron chi connectivity index (χ4n) is 3.31. The smallest absolute Gasteiger partial charge is 0.282 e. The summed E-state index contributed by atoms with van der Waals surface area (Å²) in [5.41, 5.74) is 1.40. The number of aromatic nitrogens is 2. The first kappa shape index (κ1) is 19.7. The minimum Gasteiger partial charge on any atom is -0.497 e. The Hall–Kier alpha value is -3.58. The van der Waals surface area contributed by atoms with Crippen LogP contribution < -0.4 is 15.0 Å². The van der Waals surface area contributed by atoms with Crippen LogP contribution in [0.4, 0.5) is 0 Å². The third-order valence-electron chi connectivity index (χ3n) is 4.77. The van der Waals surface area contributed by atoms with Gasteiger partial charge in [0.25, 0.3) is 5.56 Å². The Bertz CT molecular complexity index is 1220. The highest BCUT2D eigenvalue weighted by Crippen LogP contribution is 2.29. The molecule has 7 heteroatoms. The molecule has 30 heavy (non-hydrogen) atoms. The summed E-state index contributed by atoms with van der Waals surface area (Å²) in [7, 11) is 3.08. The number of Topliss-reactive ketones (excluding diaryl/α,β-unsaturated/α-hetero) is 1. The van der Waals surface area contributed by atoms with Crippen LogP contribution in [-0.2, 0) is 6.42 Å². The van der Waals surface area contributed by atoms with E-state index in [-0.39, 0.29) is 17.8 Å². The van der Waals surface area contributed by atoms with E-state index in [1.807, 2.05) is 47.8 Å². The van der Waals surface area contributed by atoms with E-state index in [9.17, 15) is 9.59 Å². The molecule has 0 amide bonds. The maximum Gasteiger partial charge on any atom is 0.282 e. The molecule has 6 nitrogen and oxygen atoms in total. The van der Waals surface area contributed by atoms with Gasteiger partial charge in [0.05, 0.1) is 19.9 Å². The molecule has 1 N–H and O–H groups in total. The number of rotatable bonds is 7. The minimum atomic E-state index is -0.429. The minimum absolute atomic E-state index is 0.125. The molecule has 2 aromatic heterocycles. The van der Waals surface area contributed by atoms with Gasteiger partial charge in [-0.1, -0.05) is 36.4 Å². The summed E-state index contributed by atoms with van der Waals surface area (Å²) in [6.07, 6.45) is 0.167. The molecule has 0 fully saturated rings. The molecule has 0 radical (unpaired) electrons. The van der Waals surface area contributed by atoms with Gasteiger partial charge in [0.1, 0.15) is 22.7 Å². The van der Waals surface area contributed by atoms with Gasteiger partial charge in [-0.15, -0.1) is 11.3 Å². The Morgan fingerprint density at radius 1 is 1.03 bits per heavy atom. The van der Waals surface area contributed by atoms with Gasteiger partial charge in [-0.05, 0) is 23.6 Å². The number of aromatic amines is 1. The van der Waals surface area contributed by atoms with Crippen molar-refractivity contribution in [1.29, 1.82) is 0 Å². The largest absolute Gasteiger partial charge is 0.497 e. The van der Waals surface area contributed by atoms with Gasteiger partial charge in [0.2, 0.25) is 0 Å². The van der Waals surface area contributed by atoms with Gasteiger partial charge >= 0.3 is 0 Å². The SMILES string of the molecule is COc1ccc(OC)c(-n2[nH]c(-c3ccccc3)c(C(=O)Cc3cccs3)c2=O)c1. The van der Waals surface area contributed by atoms with Gasteiger partial charge < -0.3 is 9.47 Å². The molecular formula is C23H20N2O4S. The summed E-state index contributed by atoms with van der Waals surface area (Å²) < 4.78 is 12.1. The lowest BCUT2D eigenvalue weighted by Gasteiger charge is -2.10. The number of nitrogens with zero attached hydrogens (tertiary/aromatic N) is 1. The van der Waals surface area contributed by atoms with Crippen molar-refractivity contribution < 1.29 is 14.3 Å². The van der Waals surface area contributed by atoms with Crippen LogP contribution in [0.15, 0.2) is 70.8 Å². The van der Waals surface area contributed by atoms with Crippen LogP contribution >= 0.6 is 11.3 Å². The van der Waals surface area contributed by atoms with Crippen molar-refractivity contribution in [3.63, 3.8) is 0 Å². The lowest BCUT2D eigenvalue weighted by Crippen LogP contribution is -2.21. The zero-order valence-electron chi connectivity index (χ0n) is 16.5. The number of methoxy groups -OCH3 is 2. The lowest BCUT2D eigenvalue weighted by molar-refractivity contribution is 0.0993. The average Bonchev–Trinajstić information content (AvgIpc) is 3.41. The molecule has 0 saturated heterocycles. The van der Waals surface area contributed by atoms with Gasteiger partial charge in [-0.3, -0.25) is 14.7 Å². The fourth-order valence-corrected chi connectivity index (χ4v) is 4.01. The van der Waals surface area contributed by atoms with Crippen LogP contribution in [0.1, 0.15) is 15.2 Å². The van der Waals surface area contributed by atoms with E-state index in [4.69, 9.17) is 9.47 Å². The molecule has 2 heterocycles. The molecular weight excluding hydrogens is 400 g/mol. The molecule has 2 aromatic carbocycles. The second-order valence-electron chi connectivity index (χ2n) is 6.59. The third-order valence-corrected chi connectivity index (χ3v) is 5.65. The van der Waals surface area contributed by atoms with Crippen molar-refractivity contribution in [3.05, 3.63) is 86.8 Å². The number of ether oxygens (including phenoxy) is 2. The third kappa shape index (κ3) is 3.67. The fraction of sp³-hybridized carbons (Fsp3) is 0.130. The lowest BCUT2D eigenvalue weighted by atomic mass is 10.0. The summed E-state index contributed by atoms with van der Waals surface area (Å²) in [6, 6.07) is 18.3. The molecule has 4 aromatic rings. The average molecular weight is 420 g/mol. The van der Waals surface area contributed by atoms with Crippen molar-refractivity contribution in [1.82, 2.24) is 9.78 Å². The van der Waals surface area contributed by atoms with Crippen LogP contribution in [0.3, 0.4) is 0 Å². The van der Waals surface area contributed by atoms with Gasteiger partial charge in [-0.2, -0.15) is 0 Å². The van der Waals surface area contributed by atoms with E-state index >= 15 is 0 Å². The van der Waals surface area contributed by atoms with E-state index in [0.717, 1.165) is 10.4 Å². The number of carbonyl (C=O) groups is 1. The van der Waals surface area contributed by atoms with Crippen molar-refractivity contribution in [3.8, 4) is 28.4 Å². The zero-order chi connectivity index (χ0) is 21.1. The highest BCUT2D eigenvalue weighted by Gasteiger charge is 2.24. The Morgan fingerprint density at radius 3 is 2.50 bits per heavy atom. The number of benzene rings is 2. The number of hydrogen-bond donors (Lipinski definition) is 1. The highest BCUT2D eigenvalue weighted by atomic mass is 32.1. The van der Waals surface area contributed by atoms with Crippen molar-refractivity contribution in [2.75, 3.05) is 14.2 Å². The molecule has 0 saturated carbocycles. The van der Waals surface area contributed by atoms with Gasteiger partial charge in [-0.25, -0.2) is 4.68 Å². The number of carbonyl (C=O) groups excluding carboxylic acids is 1. The van der Waals surface area contributed by atoms with E-state index in [0.29, 0.717) is 22.9 Å². The van der Waals surface area contributed by atoms with Crippen molar-refractivity contribution in [2.45, 2.75) is 6.42 Å². The second-order valence-corrected chi connectivity index (χ2v) is 7.62. The monoisotopic (exact) mass is 420 g/mol. The molecule has 0 aliphatic carbocycles. The first-order chi connectivity index (χ1) is 14.6. The summed E-state index contributed by atoms with van der Waals surface area (Å²) in [6.45, 7) is 0. The summed E-state index contributed by atoms with van der Waals surface area (Å²) in [4.78, 5) is 27.5. The Labute approximate surface area is 177 Å². The molecule has 0 aliphatic heterocycles. The first-order valence-electron chi connectivity index (χ1n) is 9.30. The Kier molecular flexibility index (Phi) is 5.54. The molecule has 0 atom stereocenters. The molecule has 0 aliphatic rings. The van der Waals surface area contributed by atoms with Gasteiger partial charge in [0.15, 0.2) is 5.78 Å². The molecule has 0 unspecified atom stereocenters. The predicted molar refractivity (Wildman–Crippen MR) is 117 cm³/mol. The van der Waals surface area contributed by atoms with Crippen LogP contribution in [-0.4, -0.2) is 29.8 Å². The summed E-state index contributed by atoms with van der Waals surface area (Å²) in [5.74, 6) is 0.814.